The molecule has 47 heavy (non-hydrogen) atoms. The predicted octanol–water partition coefficient (Wildman–Crippen LogP) is 5.24. The van der Waals surface area contributed by atoms with Gasteiger partial charge in [0, 0.05) is 38.9 Å². The Kier molecular flexibility index (Phi) is 8.48. The third kappa shape index (κ3) is 6.42. The van der Waals surface area contributed by atoms with E-state index in [0.29, 0.717) is 42.7 Å². The van der Waals surface area contributed by atoms with Gasteiger partial charge < -0.3 is 24.6 Å². The Bertz CT molecular complexity index is 1770. The number of rotatable bonds is 5. The maximum atomic E-state index is 15.1. The van der Waals surface area contributed by atoms with Crippen LogP contribution in [-0.2, 0) is 15.7 Å². The van der Waals surface area contributed by atoms with Gasteiger partial charge in [0.25, 0.3) is 0 Å². The number of alkyl halides is 3. The summed E-state index contributed by atoms with van der Waals surface area (Å²) in [6.45, 7) is 10.8. The molecule has 16 heteroatoms. The first-order valence-electron chi connectivity index (χ1n) is 15.6. The number of aryl methyl sites for hydroxylation is 1. The molecule has 2 aliphatic rings. The van der Waals surface area contributed by atoms with Crippen molar-refractivity contribution in [3.63, 3.8) is 0 Å². The van der Waals surface area contributed by atoms with E-state index in [1.165, 1.54) is 4.90 Å². The van der Waals surface area contributed by atoms with Crippen molar-refractivity contribution >= 4 is 29.0 Å². The summed E-state index contributed by atoms with van der Waals surface area (Å²) in [5.74, 6) is 0.985. The minimum atomic E-state index is -4.75. The summed E-state index contributed by atoms with van der Waals surface area (Å²) in [5.41, 5.74) is -0.385. The molecule has 4 aromatic rings. The van der Waals surface area contributed by atoms with E-state index in [1.807, 2.05) is 11.8 Å². The molecule has 2 aliphatic heterocycles. The van der Waals surface area contributed by atoms with Gasteiger partial charge in [-0.2, -0.15) is 28.2 Å². The van der Waals surface area contributed by atoms with Crippen molar-refractivity contribution in [3.05, 3.63) is 35.8 Å². The normalized spacial score (nSPS) is 18.2. The maximum absolute atomic E-state index is 15.1. The monoisotopic (exact) mass is 656 g/mol. The van der Waals surface area contributed by atoms with E-state index >= 15 is 13.2 Å². The van der Waals surface area contributed by atoms with Crippen LogP contribution in [-0.4, -0.2) is 96.8 Å². The third-order valence-electron chi connectivity index (χ3n) is 8.29. The van der Waals surface area contributed by atoms with E-state index in [9.17, 15) is 4.79 Å². The van der Waals surface area contributed by atoms with Gasteiger partial charge >= 0.3 is 12.3 Å². The summed E-state index contributed by atoms with van der Waals surface area (Å²) in [6, 6.07) is 4.48. The fourth-order valence-electron chi connectivity index (χ4n) is 6.16. The molecule has 6 heterocycles. The summed E-state index contributed by atoms with van der Waals surface area (Å²) >= 11 is 0. The highest BCUT2D eigenvalue weighted by Gasteiger charge is 2.43. The van der Waals surface area contributed by atoms with Gasteiger partial charge in [-0.1, -0.05) is 0 Å². The van der Waals surface area contributed by atoms with Crippen LogP contribution in [0.3, 0.4) is 0 Å². The van der Waals surface area contributed by atoms with Crippen molar-refractivity contribution in [1.82, 2.24) is 39.2 Å². The number of ether oxygens (including phenoxy) is 2. The number of aromatic nitrogens is 7. The molecule has 0 radical (unpaired) electrons. The van der Waals surface area contributed by atoms with Crippen molar-refractivity contribution in [2.75, 3.05) is 50.1 Å². The Balaban J connectivity index is 1.46. The van der Waals surface area contributed by atoms with Crippen molar-refractivity contribution in [3.8, 4) is 17.2 Å². The highest BCUT2D eigenvalue weighted by atomic mass is 19.4. The SMILES string of the molecule is CNc1nc2ncccc2n1-c1nc(-c2c(C)nn(C3CCN(C(=O)OC(C)(C)C)CC3)c2C(F)(F)F)cc(N2CCOC[C@H]2C)n1. The number of piperidine rings is 1. The largest absolute Gasteiger partial charge is 0.444 e. The van der Waals surface area contributed by atoms with Crippen molar-refractivity contribution in [1.29, 1.82) is 0 Å². The molecule has 4 aromatic heterocycles. The third-order valence-corrected chi connectivity index (χ3v) is 8.29. The molecule has 6 rings (SSSR count). The molecule has 0 unspecified atom stereocenters. The number of carbonyl (C=O) groups excluding carboxylic acids is 1. The number of pyridine rings is 1. The van der Waals surface area contributed by atoms with Crippen molar-refractivity contribution in [2.45, 2.75) is 71.3 Å². The number of amides is 1. The lowest BCUT2D eigenvalue weighted by Crippen LogP contribution is -2.44. The minimum absolute atomic E-state index is 0.0783. The zero-order valence-corrected chi connectivity index (χ0v) is 27.3. The summed E-state index contributed by atoms with van der Waals surface area (Å²) in [7, 11) is 1.69. The summed E-state index contributed by atoms with van der Waals surface area (Å²) < 4.78 is 59.2. The van der Waals surface area contributed by atoms with Crippen LogP contribution in [0.2, 0.25) is 0 Å². The van der Waals surface area contributed by atoms with Crippen LogP contribution in [0.25, 0.3) is 28.4 Å². The van der Waals surface area contributed by atoms with E-state index in [4.69, 9.17) is 19.4 Å². The molecular formula is C31H39F3N10O3. The first-order chi connectivity index (χ1) is 22.2. The van der Waals surface area contributed by atoms with Crippen LogP contribution in [0.5, 0.6) is 0 Å². The van der Waals surface area contributed by atoms with Gasteiger partial charge in [0.15, 0.2) is 11.3 Å². The number of imidazole rings is 1. The molecule has 2 fully saturated rings. The van der Waals surface area contributed by atoms with E-state index in [0.717, 1.165) is 4.68 Å². The number of anilines is 2. The number of halogens is 3. The van der Waals surface area contributed by atoms with Gasteiger partial charge in [0.05, 0.1) is 47.8 Å². The standard InChI is InChI=1S/C31H39F3N10O3/c1-18-17-46-15-14-42(18)23-16-21(37-28(38-23)43-22-8-7-11-36-26(22)39-27(43)35-6)24-19(2)40-44(25(24)31(32,33)34)20-9-12-41(13-10-20)29(45)47-30(3,4)5/h7-8,11,16,18,20H,9-10,12-15,17H2,1-6H3,(H,35,36,39)/t18-/m1/s1. The lowest BCUT2D eigenvalue weighted by Gasteiger charge is -2.34. The molecule has 252 valence electrons. The van der Waals surface area contributed by atoms with Gasteiger partial charge in [0.1, 0.15) is 11.4 Å². The molecule has 0 bridgehead atoms. The molecular weight excluding hydrogens is 617 g/mol. The Hall–Kier alpha value is -4.47. The average Bonchev–Trinajstić information content (AvgIpc) is 3.58. The topological polar surface area (TPSA) is 128 Å². The van der Waals surface area contributed by atoms with Gasteiger partial charge in [-0.3, -0.25) is 4.68 Å². The average molecular weight is 657 g/mol. The van der Waals surface area contributed by atoms with E-state index in [1.54, 1.807) is 63.7 Å². The number of carbonyl (C=O) groups is 1. The highest BCUT2D eigenvalue weighted by molar-refractivity contribution is 5.77. The van der Waals surface area contributed by atoms with Crippen LogP contribution in [0.15, 0.2) is 24.4 Å². The Morgan fingerprint density at radius 1 is 1.11 bits per heavy atom. The molecule has 0 saturated carbocycles. The molecule has 0 spiro atoms. The molecule has 0 aliphatic carbocycles. The Morgan fingerprint density at radius 2 is 1.85 bits per heavy atom. The lowest BCUT2D eigenvalue weighted by molar-refractivity contribution is -0.144. The van der Waals surface area contributed by atoms with Gasteiger partial charge in [-0.15, -0.1) is 0 Å². The molecule has 13 nitrogen and oxygen atoms in total. The second kappa shape index (κ2) is 12.3. The molecule has 0 aromatic carbocycles. The Labute approximate surface area is 270 Å². The predicted molar refractivity (Wildman–Crippen MR) is 169 cm³/mol. The summed E-state index contributed by atoms with van der Waals surface area (Å²) in [4.78, 5) is 34.7. The number of hydrogen-bond donors (Lipinski definition) is 1. The number of morpholine rings is 1. The van der Waals surface area contributed by atoms with E-state index in [-0.39, 0.29) is 54.9 Å². The van der Waals surface area contributed by atoms with Crippen molar-refractivity contribution in [2.24, 2.45) is 0 Å². The van der Waals surface area contributed by atoms with Crippen LogP contribution < -0.4 is 10.2 Å². The number of fused-ring (bicyclic) bond motifs is 1. The molecule has 1 amide bonds. The first-order valence-corrected chi connectivity index (χ1v) is 15.6. The van der Waals surface area contributed by atoms with E-state index < -0.39 is 29.6 Å². The maximum Gasteiger partial charge on any atom is 0.433 e. The van der Waals surface area contributed by atoms with Crippen LogP contribution in [0, 0.1) is 6.92 Å². The number of nitrogens with zero attached hydrogens (tertiary/aromatic N) is 9. The second-order valence-corrected chi connectivity index (χ2v) is 12.8. The number of likely N-dealkylation sites (tertiary alicyclic amines) is 1. The fraction of sp³-hybridized carbons (Fsp3) is 0.548. The molecule has 1 N–H and O–H groups in total. The molecule has 2 saturated heterocycles. The Morgan fingerprint density at radius 3 is 2.51 bits per heavy atom. The van der Waals surface area contributed by atoms with Gasteiger partial charge in [-0.05, 0) is 59.6 Å². The van der Waals surface area contributed by atoms with Crippen molar-refractivity contribution < 1.29 is 27.4 Å². The van der Waals surface area contributed by atoms with Gasteiger partial charge in [-0.25, -0.2) is 19.3 Å². The second-order valence-electron chi connectivity index (χ2n) is 12.8. The summed E-state index contributed by atoms with van der Waals surface area (Å²) in [5, 5.41) is 7.50. The quantitative estimate of drug-likeness (QED) is 0.305. The number of nitrogens with one attached hydrogen (secondary N) is 1. The number of hydrogen-bond acceptors (Lipinski definition) is 10. The zero-order valence-electron chi connectivity index (χ0n) is 27.3. The first kappa shape index (κ1) is 32.5. The smallest absolute Gasteiger partial charge is 0.433 e. The lowest BCUT2D eigenvalue weighted by atomic mass is 10.0. The van der Waals surface area contributed by atoms with E-state index in [2.05, 4.69) is 20.4 Å². The van der Waals surface area contributed by atoms with Crippen LogP contribution in [0.4, 0.5) is 29.7 Å². The molecule has 1 atom stereocenters. The summed E-state index contributed by atoms with van der Waals surface area (Å²) in [6.07, 6.45) is -3.05. The van der Waals surface area contributed by atoms with Crippen LogP contribution >= 0.6 is 0 Å². The zero-order chi connectivity index (χ0) is 33.7. The van der Waals surface area contributed by atoms with Gasteiger partial charge in [0.2, 0.25) is 11.9 Å². The minimum Gasteiger partial charge on any atom is -0.444 e. The van der Waals surface area contributed by atoms with Crippen LogP contribution in [0.1, 0.15) is 58.0 Å². The fourth-order valence-corrected chi connectivity index (χ4v) is 6.16. The highest BCUT2D eigenvalue weighted by Crippen LogP contribution is 2.42.